The van der Waals surface area contributed by atoms with Gasteiger partial charge >= 0.3 is 5.69 Å². The number of fused-ring (bicyclic) bond motifs is 1. The van der Waals surface area contributed by atoms with Crippen LogP contribution in [0.5, 0.6) is 0 Å². The van der Waals surface area contributed by atoms with E-state index in [9.17, 15) is 4.79 Å². The number of hydrogen-bond acceptors (Lipinski definition) is 3. The third kappa shape index (κ3) is 1.14. The summed E-state index contributed by atoms with van der Waals surface area (Å²) in [4.78, 5) is 17.2. The first kappa shape index (κ1) is 7.49. The van der Waals surface area contributed by atoms with Gasteiger partial charge in [-0.15, -0.1) is 0 Å². The second-order valence-electron chi connectivity index (χ2n) is 3.13. The average molecular weight is 165 g/mol. The van der Waals surface area contributed by atoms with Crippen molar-refractivity contribution in [1.82, 2.24) is 9.97 Å². The van der Waals surface area contributed by atoms with Crippen LogP contribution in [0.2, 0.25) is 0 Å². The summed E-state index contributed by atoms with van der Waals surface area (Å²) in [6.07, 6.45) is 4.65. The summed E-state index contributed by atoms with van der Waals surface area (Å²) in [5, 5.41) is 0. The number of nitrogens with one attached hydrogen (secondary N) is 1. The van der Waals surface area contributed by atoms with Gasteiger partial charge in [-0.1, -0.05) is 0 Å². The topological polar surface area (TPSA) is 71.8 Å². The zero-order valence-electron chi connectivity index (χ0n) is 6.71. The Morgan fingerprint density at radius 3 is 3.33 bits per heavy atom. The molecule has 0 spiro atoms. The minimum atomic E-state index is -0.300. The third-order valence-electron chi connectivity index (χ3n) is 2.26. The number of aryl methyl sites for hydroxylation is 1. The van der Waals surface area contributed by atoms with Crippen LogP contribution in [0.3, 0.4) is 0 Å². The van der Waals surface area contributed by atoms with Crippen molar-refractivity contribution in [1.29, 1.82) is 0 Å². The number of nitrogens with zero attached hydrogens (tertiary/aromatic N) is 1. The van der Waals surface area contributed by atoms with E-state index in [1.54, 1.807) is 6.20 Å². The lowest BCUT2D eigenvalue weighted by Gasteiger charge is -2.20. The highest BCUT2D eigenvalue weighted by Crippen LogP contribution is 2.23. The highest BCUT2D eigenvalue weighted by atomic mass is 16.1. The second kappa shape index (κ2) is 2.71. The number of nitrogens with two attached hydrogens (primary N) is 1. The van der Waals surface area contributed by atoms with Gasteiger partial charge in [-0.05, 0) is 24.8 Å². The van der Waals surface area contributed by atoms with Gasteiger partial charge in [0, 0.05) is 17.9 Å². The third-order valence-corrected chi connectivity index (χ3v) is 2.26. The molecular weight excluding hydrogens is 154 g/mol. The average Bonchev–Trinajstić information content (AvgIpc) is 2.07. The summed E-state index contributed by atoms with van der Waals surface area (Å²) < 4.78 is 0. The Morgan fingerprint density at radius 1 is 1.67 bits per heavy atom. The van der Waals surface area contributed by atoms with Crippen molar-refractivity contribution >= 4 is 0 Å². The molecule has 1 unspecified atom stereocenters. The first-order valence-electron chi connectivity index (χ1n) is 4.11. The molecule has 4 nitrogen and oxygen atoms in total. The van der Waals surface area contributed by atoms with Crippen molar-refractivity contribution in [3.8, 4) is 0 Å². The summed E-state index contributed by atoms with van der Waals surface area (Å²) in [7, 11) is 0. The monoisotopic (exact) mass is 165 g/mol. The Kier molecular flexibility index (Phi) is 1.69. The second-order valence-corrected chi connectivity index (χ2v) is 3.13. The molecule has 1 heterocycles. The summed E-state index contributed by atoms with van der Waals surface area (Å²) in [6.45, 7) is 0. The number of hydrogen-bond donors (Lipinski definition) is 2. The molecule has 0 saturated heterocycles. The van der Waals surface area contributed by atoms with Crippen LogP contribution < -0.4 is 11.4 Å². The predicted octanol–water partition coefficient (Wildman–Crippen LogP) is 0.106. The van der Waals surface area contributed by atoms with Crippen LogP contribution in [0.4, 0.5) is 0 Å². The Bertz CT molecular complexity index is 344. The summed E-state index contributed by atoms with van der Waals surface area (Å²) >= 11 is 0. The van der Waals surface area contributed by atoms with Gasteiger partial charge in [0.25, 0.3) is 0 Å². The number of rotatable bonds is 0. The summed E-state index contributed by atoms with van der Waals surface area (Å²) in [5.41, 5.74) is 7.48. The SMILES string of the molecule is NC1CCCc2cnc(=O)[nH]c21. The van der Waals surface area contributed by atoms with Crippen molar-refractivity contribution in [2.24, 2.45) is 5.73 Å². The molecule has 0 aliphatic heterocycles. The van der Waals surface area contributed by atoms with Crippen LogP contribution in [0.1, 0.15) is 30.1 Å². The zero-order chi connectivity index (χ0) is 8.55. The van der Waals surface area contributed by atoms with Gasteiger partial charge in [0.05, 0.1) is 0 Å². The summed E-state index contributed by atoms with van der Waals surface area (Å²) in [5.74, 6) is 0. The molecule has 0 fully saturated rings. The molecule has 0 amide bonds. The molecule has 12 heavy (non-hydrogen) atoms. The van der Waals surface area contributed by atoms with Crippen LogP contribution in [-0.2, 0) is 6.42 Å². The van der Waals surface area contributed by atoms with Gasteiger partial charge in [0.15, 0.2) is 0 Å². The van der Waals surface area contributed by atoms with Gasteiger partial charge in [0.2, 0.25) is 0 Å². The number of aromatic nitrogens is 2. The molecular formula is C8H11N3O. The lowest BCUT2D eigenvalue weighted by atomic mass is 9.94. The molecule has 0 aromatic carbocycles. The largest absolute Gasteiger partial charge is 0.345 e. The molecule has 1 aromatic rings. The van der Waals surface area contributed by atoms with E-state index in [2.05, 4.69) is 9.97 Å². The molecule has 4 heteroatoms. The predicted molar refractivity (Wildman–Crippen MR) is 44.7 cm³/mol. The Hall–Kier alpha value is -1.16. The smallest absolute Gasteiger partial charge is 0.323 e. The number of H-pyrrole nitrogens is 1. The van der Waals surface area contributed by atoms with Gasteiger partial charge in [-0.2, -0.15) is 0 Å². The Labute approximate surface area is 69.8 Å². The van der Waals surface area contributed by atoms with Crippen molar-refractivity contribution < 1.29 is 0 Å². The van der Waals surface area contributed by atoms with E-state index in [0.29, 0.717) is 0 Å². The maximum absolute atomic E-state index is 10.9. The molecule has 0 bridgehead atoms. The molecule has 1 aliphatic carbocycles. The maximum Gasteiger partial charge on any atom is 0.345 e. The minimum Gasteiger partial charge on any atom is -0.323 e. The summed E-state index contributed by atoms with van der Waals surface area (Å²) in [6, 6.07) is -0.00977. The van der Waals surface area contributed by atoms with E-state index in [1.807, 2.05) is 0 Å². The van der Waals surface area contributed by atoms with Crippen molar-refractivity contribution in [3.63, 3.8) is 0 Å². The van der Waals surface area contributed by atoms with Crippen molar-refractivity contribution in [3.05, 3.63) is 27.9 Å². The Morgan fingerprint density at radius 2 is 2.50 bits per heavy atom. The molecule has 0 radical (unpaired) electrons. The zero-order valence-corrected chi connectivity index (χ0v) is 6.71. The quantitative estimate of drug-likeness (QED) is 0.573. The Balaban J connectivity index is 2.54. The van der Waals surface area contributed by atoms with Crippen LogP contribution in [0.25, 0.3) is 0 Å². The van der Waals surface area contributed by atoms with E-state index < -0.39 is 0 Å². The van der Waals surface area contributed by atoms with Crippen LogP contribution in [0.15, 0.2) is 11.0 Å². The molecule has 1 aliphatic rings. The van der Waals surface area contributed by atoms with Crippen LogP contribution >= 0.6 is 0 Å². The highest BCUT2D eigenvalue weighted by molar-refractivity contribution is 5.21. The van der Waals surface area contributed by atoms with Crippen LogP contribution in [0, 0.1) is 0 Å². The standard InChI is InChI=1S/C8H11N3O/c9-6-3-1-2-5-4-10-8(12)11-7(5)6/h4,6H,1-3,9H2,(H,10,11,12). The van der Waals surface area contributed by atoms with Crippen LogP contribution in [-0.4, -0.2) is 9.97 Å². The van der Waals surface area contributed by atoms with Gasteiger partial charge < -0.3 is 10.7 Å². The molecule has 1 aromatic heterocycles. The van der Waals surface area contributed by atoms with Gasteiger partial charge in [-0.3, -0.25) is 0 Å². The minimum absolute atomic E-state index is 0.00977. The van der Waals surface area contributed by atoms with E-state index >= 15 is 0 Å². The fourth-order valence-electron chi connectivity index (χ4n) is 1.62. The van der Waals surface area contributed by atoms with E-state index in [0.717, 1.165) is 30.5 Å². The van der Waals surface area contributed by atoms with Crippen molar-refractivity contribution in [2.75, 3.05) is 0 Å². The van der Waals surface area contributed by atoms with E-state index in [4.69, 9.17) is 5.73 Å². The van der Waals surface area contributed by atoms with Crippen molar-refractivity contribution in [2.45, 2.75) is 25.3 Å². The number of aromatic amines is 1. The molecule has 0 saturated carbocycles. The molecule has 64 valence electrons. The van der Waals surface area contributed by atoms with E-state index in [-0.39, 0.29) is 11.7 Å². The molecule has 3 N–H and O–H groups in total. The maximum atomic E-state index is 10.9. The fraction of sp³-hybridized carbons (Fsp3) is 0.500. The lowest BCUT2D eigenvalue weighted by Crippen LogP contribution is -2.24. The van der Waals surface area contributed by atoms with E-state index in [1.165, 1.54) is 0 Å². The fourth-order valence-corrected chi connectivity index (χ4v) is 1.62. The van der Waals surface area contributed by atoms with Gasteiger partial charge in [0.1, 0.15) is 0 Å². The molecule has 1 atom stereocenters. The normalized spacial score (nSPS) is 21.9. The first-order valence-corrected chi connectivity index (χ1v) is 4.11. The highest BCUT2D eigenvalue weighted by Gasteiger charge is 2.17. The van der Waals surface area contributed by atoms with Gasteiger partial charge in [-0.25, -0.2) is 9.78 Å². The molecule has 2 rings (SSSR count). The lowest BCUT2D eigenvalue weighted by molar-refractivity contribution is 0.548. The first-order chi connectivity index (χ1) is 5.77.